The van der Waals surface area contributed by atoms with Gasteiger partial charge in [0.25, 0.3) is 0 Å². The van der Waals surface area contributed by atoms with Crippen LogP contribution in [0.3, 0.4) is 0 Å². The molecule has 2 aromatic rings. The summed E-state index contributed by atoms with van der Waals surface area (Å²) in [5, 5.41) is 3.72. The lowest BCUT2D eigenvalue weighted by molar-refractivity contribution is -0.117. The number of hydrogen-bond acceptors (Lipinski definition) is 5. The van der Waals surface area contributed by atoms with E-state index in [0.29, 0.717) is 36.2 Å². The van der Waals surface area contributed by atoms with Crippen LogP contribution in [0.2, 0.25) is 5.02 Å². The zero-order chi connectivity index (χ0) is 22.7. The van der Waals surface area contributed by atoms with Gasteiger partial charge in [-0.3, -0.25) is 4.79 Å². The number of carbonyl (C=O) groups is 2. The van der Waals surface area contributed by atoms with Crippen LogP contribution in [0, 0.1) is 0 Å². The summed E-state index contributed by atoms with van der Waals surface area (Å²) >= 11 is 6.09. The van der Waals surface area contributed by atoms with Crippen molar-refractivity contribution < 1.29 is 19.1 Å². The number of nitrogens with one attached hydrogen (secondary N) is 1. The van der Waals surface area contributed by atoms with E-state index in [1.807, 2.05) is 30.3 Å². The Morgan fingerprint density at radius 1 is 1.00 bits per heavy atom. The molecule has 3 amide bonds. The Morgan fingerprint density at radius 2 is 1.75 bits per heavy atom. The average Bonchev–Trinajstić information content (AvgIpc) is 3.18. The molecule has 9 heteroatoms. The number of piperazine rings is 1. The van der Waals surface area contributed by atoms with Gasteiger partial charge in [0, 0.05) is 61.6 Å². The van der Waals surface area contributed by atoms with Gasteiger partial charge in [-0.1, -0.05) is 17.7 Å². The molecule has 2 aromatic carbocycles. The number of amides is 3. The Labute approximate surface area is 192 Å². The predicted molar refractivity (Wildman–Crippen MR) is 124 cm³/mol. The largest absolute Gasteiger partial charge is 0.493 e. The van der Waals surface area contributed by atoms with E-state index in [-0.39, 0.29) is 24.4 Å². The number of nitrogens with zero attached hydrogens (tertiary/aromatic N) is 3. The number of urea groups is 1. The van der Waals surface area contributed by atoms with Gasteiger partial charge in [0.1, 0.15) is 0 Å². The Morgan fingerprint density at radius 3 is 2.44 bits per heavy atom. The van der Waals surface area contributed by atoms with Crippen molar-refractivity contribution in [1.29, 1.82) is 0 Å². The highest BCUT2D eigenvalue weighted by Crippen LogP contribution is 2.33. The quantitative estimate of drug-likeness (QED) is 0.745. The van der Waals surface area contributed by atoms with Gasteiger partial charge >= 0.3 is 6.03 Å². The van der Waals surface area contributed by atoms with Gasteiger partial charge in [0.05, 0.1) is 20.3 Å². The Kier molecular flexibility index (Phi) is 6.60. The third-order valence-corrected chi connectivity index (χ3v) is 6.11. The van der Waals surface area contributed by atoms with Gasteiger partial charge in [0.15, 0.2) is 11.5 Å². The summed E-state index contributed by atoms with van der Waals surface area (Å²) in [5.74, 6) is 1.13. The van der Waals surface area contributed by atoms with Crippen LogP contribution in [0.15, 0.2) is 42.5 Å². The van der Waals surface area contributed by atoms with Crippen molar-refractivity contribution in [3.8, 4) is 11.5 Å². The van der Waals surface area contributed by atoms with Gasteiger partial charge in [-0.15, -0.1) is 0 Å². The van der Waals surface area contributed by atoms with Gasteiger partial charge in [-0.25, -0.2) is 4.79 Å². The molecule has 0 aromatic heterocycles. The molecule has 0 saturated carbocycles. The van der Waals surface area contributed by atoms with Gasteiger partial charge in [-0.2, -0.15) is 0 Å². The third kappa shape index (κ3) is 4.70. The molecule has 0 radical (unpaired) electrons. The molecule has 2 heterocycles. The van der Waals surface area contributed by atoms with Crippen LogP contribution in [0.25, 0.3) is 0 Å². The highest BCUT2D eigenvalue weighted by Gasteiger charge is 2.33. The highest BCUT2D eigenvalue weighted by molar-refractivity contribution is 6.30. The number of hydrogen-bond donors (Lipinski definition) is 1. The van der Waals surface area contributed by atoms with Crippen LogP contribution in [0.4, 0.5) is 16.2 Å². The molecule has 2 fully saturated rings. The van der Waals surface area contributed by atoms with E-state index in [4.69, 9.17) is 21.1 Å². The van der Waals surface area contributed by atoms with Gasteiger partial charge < -0.3 is 29.5 Å². The first kappa shape index (κ1) is 22.1. The summed E-state index contributed by atoms with van der Waals surface area (Å²) in [7, 11) is 3.13. The van der Waals surface area contributed by atoms with Crippen molar-refractivity contribution in [2.75, 3.05) is 56.7 Å². The first-order valence-corrected chi connectivity index (χ1v) is 10.9. The lowest BCUT2D eigenvalue weighted by atomic mass is 10.2. The molecule has 8 nitrogen and oxygen atoms in total. The topological polar surface area (TPSA) is 74.4 Å². The van der Waals surface area contributed by atoms with E-state index >= 15 is 0 Å². The first-order chi connectivity index (χ1) is 15.5. The molecular weight excluding hydrogens is 432 g/mol. The maximum absolute atomic E-state index is 12.8. The number of methoxy groups -OCH3 is 2. The molecule has 170 valence electrons. The van der Waals surface area contributed by atoms with Crippen LogP contribution in [-0.4, -0.2) is 69.8 Å². The van der Waals surface area contributed by atoms with Crippen LogP contribution in [0.5, 0.6) is 11.5 Å². The van der Waals surface area contributed by atoms with Crippen LogP contribution >= 0.6 is 11.6 Å². The summed E-state index contributed by atoms with van der Waals surface area (Å²) in [4.78, 5) is 31.1. The van der Waals surface area contributed by atoms with Crippen molar-refractivity contribution in [1.82, 2.24) is 10.2 Å². The van der Waals surface area contributed by atoms with Crippen molar-refractivity contribution >= 4 is 34.9 Å². The van der Waals surface area contributed by atoms with E-state index in [1.165, 1.54) is 0 Å². The molecule has 2 aliphatic rings. The number of benzene rings is 2. The summed E-state index contributed by atoms with van der Waals surface area (Å²) in [6.07, 6.45) is 0.266. The maximum Gasteiger partial charge on any atom is 0.317 e. The Bertz CT molecular complexity index is 994. The molecule has 2 aliphatic heterocycles. The predicted octanol–water partition coefficient (Wildman–Crippen LogP) is 2.99. The minimum Gasteiger partial charge on any atom is -0.493 e. The monoisotopic (exact) mass is 458 g/mol. The molecule has 1 atom stereocenters. The number of halogens is 1. The molecule has 0 aliphatic carbocycles. The lowest BCUT2D eigenvalue weighted by Crippen LogP contribution is -2.53. The summed E-state index contributed by atoms with van der Waals surface area (Å²) in [5.41, 5.74) is 1.78. The van der Waals surface area contributed by atoms with Gasteiger partial charge in [-0.05, 0) is 30.3 Å². The zero-order valence-corrected chi connectivity index (χ0v) is 19.0. The van der Waals surface area contributed by atoms with Crippen molar-refractivity contribution in [2.45, 2.75) is 12.5 Å². The average molecular weight is 459 g/mol. The fraction of sp³-hybridized carbons (Fsp3) is 0.391. The Balaban J connectivity index is 1.32. The van der Waals surface area contributed by atoms with E-state index in [1.54, 1.807) is 36.2 Å². The summed E-state index contributed by atoms with van der Waals surface area (Å²) in [6.45, 7) is 3.10. The van der Waals surface area contributed by atoms with Crippen molar-refractivity contribution in [2.24, 2.45) is 0 Å². The van der Waals surface area contributed by atoms with Gasteiger partial charge in [0.2, 0.25) is 5.91 Å². The summed E-state index contributed by atoms with van der Waals surface area (Å²) in [6, 6.07) is 12.7. The zero-order valence-electron chi connectivity index (χ0n) is 18.2. The minimum absolute atomic E-state index is 0.0340. The first-order valence-electron chi connectivity index (χ1n) is 10.6. The second-order valence-electron chi connectivity index (χ2n) is 7.85. The maximum atomic E-state index is 12.8. The van der Waals surface area contributed by atoms with Crippen molar-refractivity contribution in [3.63, 3.8) is 0 Å². The Hall–Kier alpha value is -3.13. The standard InChI is InChI=1S/C23H27ClN4O4/c1-31-20-7-6-19(14-21(20)32-2)28-15-17(13-22(28)29)25-23(30)27-10-8-26(9-11-27)18-5-3-4-16(24)12-18/h3-7,12,14,17H,8-11,13,15H2,1-2H3,(H,25,30). The number of rotatable bonds is 5. The third-order valence-electron chi connectivity index (χ3n) is 5.87. The van der Waals surface area contributed by atoms with Crippen LogP contribution < -0.4 is 24.6 Å². The second kappa shape index (κ2) is 9.56. The van der Waals surface area contributed by atoms with E-state index < -0.39 is 0 Å². The SMILES string of the molecule is COc1ccc(N2CC(NC(=O)N3CCN(c4cccc(Cl)c4)CC3)CC2=O)cc1OC. The summed E-state index contributed by atoms with van der Waals surface area (Å²) < 4.78 is 10.6. The highest BCUT2D eigenvalue weighted by atomic mass is 35.5. The fourth-order valence-corrected chi connectivity index (χ4v) is 4.34. The van der Waals surface area contributed by atoms with E-state index in [9.17, 15) is 9.59 Å². The normalized spacial score (nSPS) is 18.7. The molecule has 1 unspecified atom stereocenters. The molecule has 0 spiro atoms. The van der Waals surface area contributed by atoms with Crippen LogP contribution in [0.1, 0.15) is 6.42 Å². The number of ether oxygens (including phenoxy) is 2. The lowest BCUT2D eigenvalue weighted by Gasteiger charge is -2.36. The fourth-order valence-electron chi connectivity index (χ4n) is 4.15. The molecular formula is C23H27ClN4O4. The minimum atomic E-state index is -0.242. The van der Waals surface area contributed by atoms with Crippen LogP contribution in [-0.2, 0) is 4.79 Å². The molecule has 32 heavy (non-hydrogen) atoms. The molecule has 2 saturated heterocycles. The molecule has 4 rings (SSSR count). The molecule has 1 N–H and O–H groups in total. The van der Waals surface area contributed by atoms with E-state index in [0.717, 1.165) is 24.5 Å². The number of carbonyl (C=O) groups excluding carboxylic acids is 2. The second-order valence-corrected chi connectivity index (χ2v) is 8.28. The molecule has 0 bridgehead atoms. The van der Waals surface area contributed by atoms with E-state index in [2.05, 4.69) is 10.2 Å². The smallest absolute Gasteiger partial charge is 0.317 e. The number of anilines is 2. The van der Waals surface area contributed by atoms with Crippen molar-refractivity contribution in [3.05, 3.63) is 47.5 Å².